The normalized spacial score (nSPS) is 20.6. The van der Waals surface area contributed by atoms with Crippen molar-refractivity contribution in [1.29, 1.82) is 0 Å². The van der Waals surface area contributed by atoms with Crippen LogP contribution < -0.4 is 15.5 Å². The molecule has 34 heavy (non-hydrogen) atoms. The maximum Gasteiger partial charge on any atom is 0.496 e. The molecule has 0 aromatic heterocycles. The Kier molecular flexibility index (Phi) is 9.35. The van der Waals surface area contributed by atoms with Gasteiger partial charge in [0.25, 0.3) is 0 Å². The van der Waals surface area contributed by atoms with E-state index in [0.717, 1.165) is 44.0 Å². The molecule has 1 aliphatic carbocycles. The van der Waals surface area contributed by atoms with E-state index in [0.29, 0.717) is 29.8 Å². The van der Waals surface area contributed by atoms with Crippen molar-refractivity contribution in [2.24, 2.45) is 5.92 Å². The third-order valence-electron chi connectivity index (χ3n) is 7.04. The van der Waals surface area contributed by atoms with Gasteiger partial charge in [-0.05, 0) is 90.8 Å². The van der Waals surface area contributed by atoms with Crippen LogP contribution in [0.5, 0.6) is 5.75 Å². The van der Waals surface area contributed by atoms with E-state index in [4.69, 9.17) is 30.4 Å². The number of carbonyl (C=O) groups excluding carboxylic acids is 1. The molecule has 3 rings (SSSR count). The van der Waals surface area contributed by atoms with Crippen molar-refractivity contribution >= 4 is 30.2 Å². The lowest BCUT2D eigenvalue weighted by atomic mass is 9.79. The van der Waals surface area contributed by atoms with Gasteiger partial charge in [0.2, 0.25) is 0 Å². The van der Waals surface area contributed by atoms with Crippen LogP contribution in [0.4, 0.5) is 0 Å². The van der Waals surface area contributed by atoms with E-state index in [9.17, 15) is 4.79 Å². The highest BCUT2D eigenvalue weighted by Crippen LogP contribution is 2.37. The number of rotatable bonds is 11. The zero-order valence-corrected chi connectivity index (χ0v) is 22.4. The molecular formula is C26H41BClNO5. The zero-order chi connectivity index (χ0) is 24.9. The SMILES string of the molecule is CC(C)C[C@@H](NCCCOc1ccc(B2OC(C)(C)C(C)(C)O2)c(Cl)c1)C(=O)OC1CCCC1. The molecule has 2 fully saturated rings. The van der Waals surface area contributed by atoms with Crippen molar-refractivity contribution in [2.75, 3.05) is 13.2 Å². The second-order valence-electron chi connectivity index (χ2n) is 11.0. The third kappa shape index (κ3) is 7.13. The molecule has 1 saturated heterocycles. The molecule has 0 spiro atoms. The molecule has 0 unspecified atom stereocenters. The van der Waals surface area contributed by atoms with Crippen LogP contribution in [0.3, 0.4) is 0 Å². The van der Waals surface area contributed by atoms with E-state index < -0.39 is 18.3 Å². The Hall–Kier alpha value is -1.28. The molecule has 1 aromatic rings. The number of halogens is 1. The lowest BCUT2D eigenvalue weighted by Gasteiger charge is -2.32. The van der Waals surface area contributed by atoms with Crippen LogP contribution in [0, 0.1) is 5.92 Å². The first-order valence-electron chi connectivity index (χ1n) is 12.7. The number of carbonyl (C=O) groups is 1. The fraction of sp³-hybridized carbons (Fsp3) is 0.731. The quantitative estimate of drug-likeness (QED) is 0.269. The van der Waals surface area contributed by atoms with Crippen molar-refractivity contribution in [3.63, 3.8) is 0 Å². The minimum atomic E-state index is -0.502. The Morgan fingerprint density at radius 2 is 1.82 bits per heavy atom. The predicted molar refractivity (Wildman–Crippen MR) is 137 cm³/mol. The molecule has 1 atom stereocenters. The highest BCUT2D eigenvalue weighted by molar-refractivity contribution is 6.65. The molecule has 190 valence electrons. The van der Waals surface area contributed by atoms with E-state index in [1.165, 1.54) is 0 Å². The molecule has 1 N–H and O–H groups in total. The van der Waals surface area contributed by atoms with E-state index in [1.54, 1.807) is 6.07 Å². The number of hydrogen-bond acceptors (Lipinski definition) is 6. The molecule has 1 aliphatic heterocycles. The summed E-state index contributed by atoms with van der Waals surface area (Å²) in [6.07, 6.45) is 5.91. The van der Waals surface area contributed by atoms with Crippen LogP contribution in [0.15, 0.2) is 18.2 Å². The van der Waals surface area contributed by atoms with Crippen molar-refractivity contribution in [2.45, 2.75) is 103 Å². The van der Waals surface area contributed by atoms with Crippen molar-refractivity contribution in [3.8, 4) is 5.75 Å². The summed E-state index contributed by atoms with van der Waals surface area (Å²) in [6, 6.07) is 5.32. The highest BCUT2D eigenvalue weighted by Gasteiger charge is 2.52. The standard InChI is InChI=1S/C26H41BClNO5/c1-18(2)16-23(24(30)32-19-10-7-8-11-19)29-14-9-15-31-20-12-13-21(22(28)17-20)27-33-25(3,4)26(5,6)34-27/h12-13,17-19,23,29H,7-11,14-16H2,1-6H3/t23-/m1/s1. The van der Waals surface area contributed by atoms with Crippen LogP contribution >= 0.6 is 11.6 Å². The number of ether oxygens (including phenoxy) is 2. The average Bonchev–Trinajstić information content (AvgIpc) is 3.31. The lowest BCUT2D eigenvalue weighted by Crippen LogP contribution is -2.41. The van der Waals surface area contributed by atoms with Gasteiger partial charge in [-0.25, -0.2) is 0 Å². The van der Waals surface area contributed by atoms with Gasteiger partial charge in [0.1, 0.15) is 17.9 Å². The first-order valence-corrected chi connectivity index (χ1v) is 13.1. The van der Waals surface area contributed by atoms with E-state index >= 15 is 0 Å². The average molecular weight is 494 g/mol. The van der Waals surface area contributed by atoms with Crippen LogP contribution in [0.1, 0.15) is 80.1 Å². The van der Waals surface area contributed by atoms with Gasteiger partial charge in [-0.15, -0.1) is 0 Å². The summed E-state index contributed by atoms with van der Waals surface area (Å²) in [5.74, 6) is 0.991. The van der Waals surface area contributed by atoms with Gasteiger partial charge in [0.15, 0.2) is 0 Å². The zero-order valence-electron chi connectivity index (χ0n) is 21.6. The van der Waals surface area contributed by atoms with Crippen molar-refractivity contribution in [3.05, 3.63) is 23.2 Å². The highest BCUT2D eigenvalue weighted by atomic mass is 35.5. The van der Waals surface area contributed by atoms with Crippen LogP contribution in [-0.4, -0.2) is 49.6 Å². The summed E-state index contributed by atoms with van der Waals surface area (Å²) in [5, 5.41) is 3.93. The monoisotopic (exact) mass is 493 g/mol. The van der Waals surface area contributed by atoms with Gasteiger partial charge < -0.3 is 24.1 Å². The smallest absolute Gasteiger partial charge is 0.493 e. The third-order valence-corrected chi connectivity index (χ3v) is 7.36. The molecule has 0 bridgehead atoms. The van der Waals surface area contributed by atoms with Gasteiger partial charge in [-0.3, -0.25) is 4.79 Å². The van der Waals surface area contributed by atoms with E-state index in [2.05, 4.69) is 19.2 Å². The number of nitrogens with one attached hydrogen (secondary N) is 1. The Balaban J connectivity index is 1.44. The van der Waals surface area contributed by atoms with Gasteiger partial charge in [-0.1, -0.05) is 31.5 Å². The summed E-state index contributed by atoms with van der Waals surface area (Å²) in [7, 11) is -0.502. The topological polar surface area (TPSA) is 66.0 Å². The second-order valence-corrected chi connectivity index (χ2v) is 11.4. The molecule has 0 amide bonds. The van der Waals surface area contributed by atoms with Gasteiger partial charge in [0.05, 0.1) is 17.8 Å². The van der Waals surface area contributed by atoms with Crippen LogP contribution in [0.25, 0.3) is 0 Å². The van der Waals surface area contributed by atoms with Crippen molar-refractivity contribution < 1.29 is 23.6 Å². The molecule has 8 heteroatoms. The summed E-state index contributed by atoms with van der Waals surface area (Å²) in [4.78, 5) is 12.6. The summed E-state index contributed by atoms with van der Waals surface area (Å²) in [6.45, 7) is 13.5. The minimum absolute atomic E-state index is 0.0946. The largest absolute Gasteiger partial charge is 0.496 e. The number of benzene rings is 1. The predicted octanol–water partition coefficient (Wildman–Crippen LogP) is 4.90. The summed E-state index contributed by atoms with van der Waals surface area (Å²) >= 11 is 6.53. The minimum Gasteiger partial charge on any atom is -0.493 e. The van der Waals surface area contributed by atoms with Gasteiger partial charge in [0, 0.05) is 10.5 Å². The first kappa shape index (κ1) is 27.3. The molecule has 1 aromatic carbocycles. The lowest BCUT2D eigenvalue weighted by molar-refractivity contribution is -0.151. The fourth-order valence-corrected chi connectivity index (χ4v) is 4.54. The number of hydrogen-bond donors (Lipinski definition) is 1. The maximum absolute atomic E-state index is 12.6. The van der Waals surface area contributed by atoms with Crippen LogP contribution in [0.2, 0.25) is 5.02 Å². The number of esters is 1. The molecule has 1 heterocycles. The van der Waals surface area contributed by atoms with E-state index in [-0.39, 0.29) is 18.1 Å². The van der Waals surface area contributed by atoms with Crippen LogP contribution in [-0.2, 0) is 18.8 Å². The van der Waals surface area contributed by atoms with Gasteiger partial charge in [-0.2, -0.15) is 0 Å². The Morgan fingerprint density at radius 1 is 1.18 bits per heavy atom. The Bertz CT molecular complexity index is 809. The molecular weight excluding hydrogens is 453 g/mol. The van der Waals surface area contributed by atoms with Gasteiger partial charge >= 0.3 is 13.1 Å². The summed E-state index contributed by atoms with van der Waals surface area (Å²) in [5.41, 5.74) is -0.0353. The first-order chi connectivity index (χ1) is 16.0. The summed E-state index contributed by atoms with van der Waals surface area (Å²) < 4.78 is 23.8. The fourth-order valence-electron chi connectivity index (χ4n) is 4.28. The maximum atomic E-state index is 12.6. The second kappa shape index (κ2) is 11.6. The Labute approximate surface area is 210 Å². The molecule has 1 saturated carbocycles. The van der Waals surface area contributed by atoms with Crippen molar-refractivity contribution in [1.82, 2.24) is 5.32 Å². The molecule has 2 aliphatic rings. The van der Waals surface area contributed by atoms with E-state index in [1.807, 2.05) is 39.8 Å². The molecule has 6 nitrogen and oxygen atoms in total. The Morgan fingerprint density at radius 3 is 2.41 bits per heavy atom. The molecule has 0 radical (unpaired) electrons.